The van der Waals surface area contributed by atoms with E-state index in [9.17, 15) is 9.59 Å². The molecule has 4 nitrogen and oxygen atoms in total. The lowest BCUT2D eigenvalue weighted by Gasteiger charge is -2.16. The van der Waals surface area contributed by atoms with Crippen molar-refractivity contribution < 1.29 is 19.1 Å². The number of esters is 2. The second-order valence-electron chi connectivity index (χ2n) is 7.47. The predicted octanol–water partition coefficient (Wildman–Crippen LogP) is 5.56. The number of unbranched alkanes of at least 4 members (excludes halogenated alkanes) is 7. The van der Waals surface area contributed by atoms with Gasteiger partial charge in [-0.05, 0) is 40.0 Å². The van der Waals surface area contributed by atoms with Crippen LogP contribution in [0.2, 0.25) is 0 Å². The maximum absolute atomic E-state index is 11.6. The van der Waals surface area contributed by atoms with Gasteiger partial charge in [-0.2, -0.15) is 0 Å². The molecule has 0 radical (unpaired) electrons. The smallest absolute Gasteiger partial charge is 0.311 e. The molecule has 0 aliphatic rings. The lowest BCUT2D eigenvalue weighted by molar-refractivity contribution is -0.153. The molecular formula is C22H36O4. The Hall–Kier alpha value is -1.76. The minimum atomic E-state index is -0.435. The van der Waals surface area contributed by atoms with Crippen molar-refractivity contribution in [3.63, 3.8) is 0 Å². The van der Waals surface area contributed by atoms with E-state index in [1.165, 1.54) is 19.1 Å². The minimum Gasteiger partial charge on any atom is -0.465 e. The predicted molar refractivity (Wildman–Crippen MR) is 105 cm³/mol. The van der Waals surface area contributed by atoms with Crippen molar-refractivity contribution >= 4 is 11.9 Å². The van der Waals surface area contributed by atoms with Gasteiger partial charge in [0.15, 0.2) is 0 Å². The summed E-state index contributed by atoms with van der Waals surface area (Å²) in [4.78, 5) is 23.1. The Morgan fingerprint density at radius 3 is 2.35 bits per heavy atom. The fourth-order valence-corrected chi connectivity index (χ4v) is 2.08. The monoisotopic (exact) mass is 364 g/mol. The summed E-state index contributed by atoms with van der Waals surface area (Å²) in [6.07, 6.45) is 12.5. The van der Waals surface area contributed by atoms with E-state index in [1.54, 1.807) is 6.08 Å². The summed E-state index contributed by atoms with van der Waals surface area (Å²) in [7, 11) is 0. The zero-order chi connectivity index (χ0) is 19.7. The first-order chi connectivity index (χ1) is 12.4. The SMILES string of the molecule is CCCCCC#C/C=C/OC(=O)CCCCCCCOC(=O)C(C)(C)C. The molecule has 0 fully saturated rings. The van der Waals surface area contributed by atoms with Crippen LogP contribution in [0.1, 0.15) is 91.9 Å². The molecule has 0 bridgehead atoms. The number of rotatable bonds is 12. The zero-order valence-electron chi connectivity index (χ0n) is 17.1. The van der Waals surface area contributed by atoms with Crippen LogP contribution in [0.15, 0.2) is 12.3 Å². The molecular weight excluding hydrogens is 328 g/mol. The first-order valence-corrected chi connectivity index (χ1v) is 9.88. The number of hydrogen-bond acceptors (Lipinski definition) is 4. The molecule has 0 rings (SSSR count). The van der Waals surface area contributed by atoms with Crippen LogP contribution in [-0.2, 0) is 19.1 Å². The van der Waals surface area contributed by atoms with E-state index in [1.807, 2.05) is 20.8 Å². The van der Waals surface area contributed by atoms with Crippen LogP contribution in [-0.4, -0.2) is 18.5 Å². The van der Waals surface area contributed by atoms with Crippen molar-refractivity contribution in [1.29, 1.82) is 0 Å². The summed E-state index contributed by atoms with van der Waals surface area (Å²) in [5, 5.41) is 0. The Morgan fingerprint density at radius 2 is 1.65 bits per heavy atom. The van der Waals surface area contributed by atoms with Crippen LogP contribution in [0.25, 0.3) is 0 Å². The van der Waals surface area contributed by atoms with Gasteiger partial charge in [-0.25, -0.2) is 0 Å². The second kappa shape index (κ2) is 15.5. The molecule has 0 aliphatic carbocycles. The maximum atomic E-state index is 11.6. The molecule has 26 heavy (non-hydrogen) atoms. The lowest BCUT2D eigenvalue weighted by Crippen LogP contribution is -2.23. The molecule has 0 amide bonds. The van der Waals surface area contributed by atoms with Crippen LogP contribution >= 0.6 is 0 Å². The van der Waals surface area contributed by atoms with Gasteiger partial charge in [-0.1, -0.05) is 50.9 Å². The first kappa shape index (κ1) is 24.2. The molecule has 0 N–H and O–H groups in total. The molecule has 0 heterocycles. The van der Waals surface area contributed by atoms with E-state index in [4.69, 9.17) is 9.47 Å². The Labute approximate surface area is 159 Å². The fourth-order valence-electron chi connectivity index (χ4n) is 2.08. The van der Waals surface area contributed by atoms with Crippen LogP contribution in [0.4, 0.5) is 0 Å². The van der Waals surface area contributed by atoms with E-state index in [0.29, 0.717) is 13.0 Å². The largest absolute Gasteiger partial charge is 0.465 e. The highest BCUT2D eigenvalue weighted by Crippen LogP contribution is 2.15. The van der Waals surface area contributed by atoms with E-state index in [0.717, 1.165) is 44.9 Å². The molecule has 0 aromatic heterocycles. The van der Waals surface area contributed by atoms with Gasteiger partial charge in [0, 0.05) is 18.9 Å². The van der Waals surface area contributed by atoms with Gasteiger partial charge in [0.25, 0.3) is 0 Å². The summed E-state index contributed by atoms with van der Waals surface area (Å²) >= 11 is 0. The van der Waals surface area contributed by atoms with Crippen LogP contribution in [0.5, 0.6) is 0 Å². The topological polar surface area (TPSA) is 52.6 Å². The normalized spacial score (nSPS) is 11.1. The van der Waals surface area contributed by atoms with Crippen molar-refractivity contribution in [1.82, 2.24) is 0 Å². The summed E-state index contributed by atoms with van der Waals surface area (Å²) < 4.78 is 10.2. The highest BCUT2D eigenvalue weighted by Gasteiger charge is 2.22. The molecule has 0 aromatic carbocycles. The average Bonchev–Trinajstić information content (AvgIpc) is 2.58. The summed E-state index contributed by atoms with van der Waals surface area (Å²) in [5.74, 6) is 5.53. The third-order valence-electron chi connectivity index (χ3n) is 3.73. The van der Waals surface area contributed by atoms with Gasteiger partial charge in [0.1, 0.15) is 6.26 Å². The van der Waals surface area contributed by atoms with Gasteiger partial charge in [0.05, 0.1) is 12.0 Å². The highest BCUT2D eigenvalue weighted by molar-refractivity contribution is 5.75. The van der Waals surface area contributed by atoms with Crippen LogP contribution in [0, 0.1) is 17.3 Å². The number of allylic oxidation sites excluding steroid dienone is 1. The van der Waals surface area contributed by atoms with Crippen molar-refractivity contribution in [2.24, 2.45) is 5.41 Å². The average molecular weight is 365 g/mol. The second-order valence-corrected chi connectivity index (χ2v) is 7.47. The lowest BCUT2D eigenvalue weighted by atomic mass is 9.97. The van der Waals surface area contributed by atoms with Crippen molar-refractivity contribution in [3.8, 4) is 11.8 Å². The number of carbonyl (C=O) groups is 2. The molecule has 0 saturated carbocycles. The molecule has 0 aromatic rings. The molecule has 0 unspecified atom stereocenters. The number of ether oxygens (including phenoxy) is 2. The third kappa shape index (κ3) is 15.7. The van der Waals surface area contributed by atoms with Crippen LogP contribution in [0.3, 0.4) is 0 Å². The Morgan fingerprint density at radius 1 is 0.962 bits per heavy atom. The molecule has 0 atom stereocenters. The molecule has 0 saturated heterocycles. The fraction of sp³-hybridized carbons (Fsp3) is 0.727. The Bertz CT molecular complexity index is 475. The van der Waals surface area contributed by atoms with E-state index < -0.39 is 5.41 Å². The Kier molecular flexibility index (Phi) is 14.4. The number of hydrogen-bond donors (Lipinski definition) is 0. The van der Waals surface area contributed by atoms with Gasteiger partial charge < -0.3 is 9.47 Å². The Balaban J connectivity index is 3.50. The maximum Gasteiger partial charge on any atom is 0.311 e. The standard InChI is InChI=1S/C22H36O4/c1-5-6-7-8-9-12-15-18-25-20(23)17-14-11-10-13-16-19-26-21(24)22(2,3)4/h15,18H,5-8,10-11,13-14,16-17,19H2,1-4H3/b18-15+. The van der Waals surface area contributed by atoms with Gasteiger partial charge in [-0.3, -0.25) is 9.59 Å². The molecule has 4 heteroatoms. The number of carbonyl (C=O) groups excluding carboxylic acids is 2. The molecule has 148 valence electrons. The molecule has 0 spiro atoms. The minimum absolute atomic E-state index is 0.154. The van der Waals surface area contributed by atoms with E-state index in [-0.39, 0.29) is 11.9 Å². The summed E-state index contributed by atoms with van der Waals surface area (Å²) in [6.45, 7) is 8.19. The third-order valence-corrected chi connectivity index (χ3v) is 3.73. The van der Waals surface area contributed by atoms with E-state index in [2.05, 4.69) is 18.8 Å². The van der Waals surface area contributed by atoms with Crippen molar-refractivity contribution in [3.05, 3.63) is 12.3 Å². The van der Waals surface area contributed by atoms with E-state index >= 15 is 0 Å². The summed E-state index contributed by atoms with van der Waals surface area (Å²) in [6, 6.07) is 0. The van der Waals surface area contributed by atoms with Crippen molar-refractivity contribution in [2.75, 3.05) is 6.61 Å². The van der Waals surface area contributed by atoms with Crippen LogP contribution < -0.4 is 0 Å². The van der Waals surface area contributed by atoms with Gasteiger partial charge in [-0.15, -0.1) is 0 Å². The molecule has 0 aliphatic heterocycles. The first-order valence-electron chi connectivity index (χ1n) is 9.88. The summed E-state index contributed by atoms with van der Waals surface area (Å²) in [5.41, 5.74) is -0.435. The van der Waals surface area contributed by atoms with Gasteiger partial charge >= 0.3 is 11.9 Å². The zero-order valence-corrected chi connectivity index (χ0v) is 17.1. The quantitative estimate of drug-likeness (QED) is 0.197. The van der Waals surface area contributed by atoms with Gasteiger partial charge in [0.2, 0.25) is 0 Å². The van der Waals surface area contributed by atoms with Crippen molar-refractivity contribution in [2.45, 2.75) is 91.9 Å². The highest BCUT2D eigenvalue weighted by atomic mass is 16.5.